The number of carbonyl (C=O) groups is 2. The number of ketones is 1. The van der Waals surface area contributed by atoms with E-state index in [1.54, 1.807) is 0 Å². The largest absolute Gasteiger partial charge is 0.458 e. The van der Waals surface area contributed by atoms with Crippen LogP contribution < -0.4 is 0 Å². The van der Waals surface area contributed by atoms with Gasteiger partial charge >= 0.3 is 5.97 Å². The first-order chi connectivity index (χ1) is 11.9. The quantitative estimate of drug-likeness (QED) is 0.611. The number of carbonyl (C=O) groups excluding carboxylic acids is 2. The van der Waals surface area contributed by atoms with E-state index in [1.165, 1.54) is 32.1 Å². The van der Waals surface area contributed by atoms with Crippen LogP contribution in [0.25, 0.3) is 0 Å². The Balaban J connectivity index is 1.49. The van der Waals surface area contributed by atoms with Gasteiger partial charge in [-0.3, -0.25) is 9.59 Å². The highest BCUT2D eigenvalue weighted by atomic mass is 16.6. The average molecular weight is 342 g/mol. The van der Waals surface area contributed by atoms with E-state index in [2.05, 4.69) is 19.9 Å². The van der Waals surface area contributed by atoms with Crippen LogP contribution in [0.4, 0.5) is 0 Å². The molecule has 0 aromatic rings. The Morgan fingerprint density at radius 3 is 2.56 bits per heavy atom. The molecule has 1 aliphatic heterocycles. The van der Waals surface area contributed by atoms with E-state index in [4.69, 9.17) is 4.74 Å². The van der Waals surface area contributed by atoms with Gasteiger partial charge < -0.3 is 4.74 Å². The summed E-state index contributed by atoms with van der Waals surface area (Å²) in [5, 5.41) is 0. The first kappa shape index (κ1) is 16.1. The fraction of sp³-hybridized carbons (Fsp3) is 0.818. The van der Waals surface area contributed by atoms with Crippen LogP contribution in [0.3, 0.4) is 0 Å². The number of fused-ring (bicyclic) bond motifs is 6. The van der Waals surface area contributed by atoms with E-state index in [-0.39, 0.29) is 22.4 Å². The molecule has 1 heterocycles. The molecule has 0 unspecified atom stereocenters. The predicted molar refractivity (Wildman–Crippen MR) is 94.7 cm³/mol. The van der Waals surface area contributed by atoms with Crippen molar-refractivity contribution in [1.82, 2.24) is 0 Å². The van der Waals surface area contributed by atoms with Crippen LogP contribution >= 0.6 is 0 Å². The lowest BCUT2D eigenvalue weighted by Crippen LogP contribution is -2.55. The zero-order valence-corrected chi connectivity index (χ0v) is 15.6. The Bertz CT molecular complexity index is 666. The van der Waals surface area contributed by atoms with Crippen LogP contribution in [-0.2, 0) is 14.3 Å². The normalized spacial score (nSPS) is 54.2. The van der Waals surface area contributed by atoms with Gasteiger partial charge in [0.25, 0.3) is 0 Å². The smallest absolute Gasteiger partial charge is 0.306 e. The van der Waals surface area contributed by atoms with Crippen LogP contribution in [0.1, 0.15) is 71.6 Å². The summed E-state index contributed by atoms with van der Waals surface area (Å²) in [6.07, 6.45) is 13.6. The summed E-state index contributed by atoms with van der Waals surface area (Å²) in [7, 11) is 0. The highest BCUT2D eigenvalue weighted by Crippen LogP contribution is 2.69. The van der Waals surface area contributed by atoms with Crippen molar-refractivity contribution in [3.8, 4) is 0 Å². The lowest BCUT2D eigenvalue weighted by molar-refractivity contribution is -0.170. The second-order valence-electron chi connectivity index (χ2n) is 9.98. The van der Waals surface area contributed by atoms with E-state index in [9.17, 15) is 9.59 Å². The number of hydrogen-bond acceptors (Lipinski definition) is 3. The number of esters is 1. The van der Waals surface area contributed by atoms with Crippen LogP contribution in [-0.4, -0.2) is 17.4 Å². The standard InChI is InChI=1S/C22H30O3/c1-20-9-5-15(23)13-14(20)3-4-16-17(20)6-10-21(2)18(16)7-11-22(21)12-8-19(24)25-22/h5,9,14,16-18H,3-4,6-8,10-13H2,1-2H3/t14-,16+,17-,18-,20-,21-,22+/m0/s1. The fourth-order valence-electron chi connectivity index (χ4n) is 7.93. The number of allylic oxidation sites excluding steroid dienone is 2. The maximum Gasteiger partial charge on any atom is 0.306 e. The van der Waals surface area contributed by atoms with Gasteiger partial charge in [0.1, 0.15) is 5.60 Å². The van der Waals surface area contributed by atoms with Crippen LogP contribution in [0, 0.1) is 34.5 Å². The minimum absolute atomic E-state index is 0.0217. The van der Waals surface area contributed by atoms with Gasteiger partial charge in [-0.1, -0.05) is 19.9 Å². The van der Waals surface area contributed by atoms with Gasteiger partial charge in [0, 0.05) is 18.3 Å². The molecule has 0 bridgehead atoms. The van der Waals surface area contributed by atoms with E-state index in [1.807, 2.05) is 6.08 Å². The Kier molecular flexibility index (Phi) is 3.21. The Morgan fingerprint density at radius 2 is 1.80 bits per heavy atom. The van der Waals surface area contributed by atoms with E-state index < -0.39 is 0 Å². The molecule has 3 nitrogen and oxygen atoms in total. The molecule has 3 saturated carbocycles. The molecule has 25 heavy (non-hydrogen) atoms. The molecule has 3 heteroatoms. The number of hydrogen-bond donors (Lipinski definition) is 0. The summed E-state index contributed by atoms with van der Waals surface area (Å²) >= 11 is 0. The molecule has 7 atom stereocenters. The molecule has 1 saturated heterocycles. The van der Waals surface area contributed by atoms with Crippen molar-refractivity contribution in [3.63, 3.8) is 0 Å². The zero-order valence-electron chi connectivity index (χ0n) is 15.6. The molecule has 4 aliphatic carbocycles. The van der Waals surface area contributed by atoms with Crippen molar-refractivity contribution >= 4 is 11.8 Å². The molecule has 136 valence electrons. The highest BCUT2D eigenvalue weighted by Gasteiger charge is 2.67. The van der Waals surface area contributed by atoms with Crippen molar-refractivity contribution in [2.24, 2.45) is 34.5 Å². The summed E-state index contributed by atoms with van der Waals surface area (Å²) in [5.41, 5.74) is 0.188. The van der Waals surface area contributed by atoms with Crippen molar-refractivity contribution < 1.29 is 14.3 Å². The Hall–Kier alpha value is -1.12. The summed E-state index contributed by atoms with van der Waals surface area (Å²) in [6.45, 7) is 4.84. The summed E-state index contributed by atoms with van der Waals surface area (Å²) in [6, 6.07) is 0. The summed E-state index contributed by atoms with van der Waals surface area (Å²) in [5.74, 6) is 2.99. The van der Waals surface area contributed by atoms with Gasteiger partial charge in [0.15, 0.2) is 5.78 Å². The second kappa shape index (κ2) is 4.98. The maximum atomic E-state index is 11.9. The molecule has 4 fully saturated rings. The minimum Gasteiger partial charge on any atom is -0.458 e. The molecule has 0 aromatic heterocycles. The maximum absolute atomic E-state index is 11.9. The average Bonchev–Trinajstić information content (AvgIpc) is 3.10. The zero-order chi connectivity index (χ0) is 17.4. The second-order valence-corrected chi connectivity index (χ2v) is 9.98. The molecule has 0 radical (unpaired) electrons. The first-order valence-electron chi connectivity index (χ1n) is 10.3. The number of ether oxygens (including phenoxy) is 1. The van der Waals surface area contributed by atoms with E-state index >= 15 is 0 Å². The van der Waals surface area contributed by atoms with Crippen molar-refractivity contribution in [3.05, 3.63) is 12.2 Å². The lowest BCUT2D eigenvalue weighted by Gasteiger charge is -2.59. The first-order valence-corrected chi connectivity index (χ1v) is 10.3. The van der Waals surface area contributed by atoms with Crippen LogP contribution in [0.15, 0.2) is 12.2 Å². The third-order valence-corrected chi connectivity index (χ3v) is 9.37. The third kappa shape index (κ3) is 1.93. The monoisotopic (exact) mass is 342 g/mol. The molecule has 5 aliphatic rings. The molecular weight excluding hydrogens is 312 g/mol. The van der Waals surface area contributed by atoms with Crippen LogP contribution in [0.2, 0.25) is 0 Å². The topological polar surface area (TPSA) is 43.4 Å². The van der Waals surface area contributed by atoms with Gasteiger partial charge in [-0.05, 0) is 80.1 Å². The minimum atomic E-state index is -0.171. The van der Waals surface area contributed by atoms with Gasteiger partial charge in [-0.25, -0.2) is 0 Å². The highest BCUT2D eigenvalue weighted by molar-refractivity contribution is 5.91. The van der Waals surface area contributed by atoms with Gasteiger partial charge in [0.05, 0.1) is 0 Å². The van der Waals surface area contributed by atoms with Gasteiger partial charge in [-0.2, -0.15) is 0 Å². The molecular formula is C22H30O3. The Morgan fingerprint density at radius 1 is 1.00 bits per heavy atom. The molecule has 0 N–H and O–H groups in total. The van der Waals surface area contributed by atoms with Crippen molar-refractivity contribution in [2.45, 2.75) is 77.2 Å². The molecule has 5 rings (SSSR count). The predicted octanol–water partition coefficient (Wildman–Crippen LogP) is 4.45. The number of rotatable bonds is 0. The third-order valence-electron chi connectivity index (χ3n) is 9.37. The van der Waals surface area contributed by atoms with Crippen LogP contribution in [0.5, 0.6) is 0 Å². The van der Waals surface area contributed by atoms with Gasteiger partial charge in [-0.15, -0.1) is 0 Å². The fourth-order valence-corrected chi connectivity index (χ4v) is 7.93. The van der Waals surface area contributed by atoms with Crippen molar-refractivity contribution in [2.75, 3.05) is 0 Å². The van der Waals surface area contributed by atoms with E-state index in [0.29, 0.717) is 30.0 Å². The van der Waals surface area contributed by atoms with Gasteiger partial charge in [0.2, 0.25) is 0 Å². The van der Waals surface area contributed by atoms with E-state index in [0.717, 1.165) is 25.2 Å². The molecule has 0 amide bonds. The summed E-state index contributed by atoms with van der Waals surface area (Å²) in [4.78, 5) is 23.8. The Labute approximate surface area is 150 Å². The lowest BCUT2D eigenvalue weighted by atomic mass is 9.45. The van der Waals surface area contributed by atoms with Crippen molar-refractivity contribution in [1.29, 1.82) is 0 Å². The molecule has 0 aromatic carbocycles. The summed E-state index contributed by atoms with van der Waals surface area (Å²) < 4.78 is 6.01. The SMILES string of the molecule is C[C@]12C=CC(=O)C[C@@H]1CC[C@@H]1[C@@H]2CC[C@@]2(C)[C@H]1CC[C@@]21CCC(=O)O1. The molecule has 1 spiro atoms.